The summed E-state index contributed by atoms with van der Waals surface area (Å²) in [6.45, 7) is 4.13. The molecule has 0 fully saturated rings. The first-order valence-corrected chi connectivity index (χ1v) is 11.9. The van der Waals surface area contributed by atoms with E-state index in [1.54, 1.807) is 11.3 Å². The van der Waals surface area contributed by atoms with Gasteiger partial charge in [0.05, 0.1) is 15.9 Å². The highest BCUT2D eigenvalue weighted by Gasteiger charge is 2.11. The lowest BCUT2D eigenvalue weighted by atomic mass is 10.1. The van der Waals surface area contributed by atoms with Gasteiger partial charge in [-0.25, -0.2) is 9.97 Å². The van der Waals surface area contributed by atoms with E-state index in [0.29, 0.717) is 18.2 Å². The first-order chi connectivity index (χ1) is 16.0. The van der Waals surface area contributed by atoms with Crippen molar-refractivity contribution in [1.29, 1.82) is 0 Å². The van der Waals surface area contributed by atoms with Crippen molar-refractivity contribution in [3.05, 3.63) is 95.2 Å². The normalized spacial score (nSPS) is 11.0. The van der Waals surface area contributed by atoms with Crippen LogP contribution in [0.1, 0.15) is 22.4 Å². The molecule has 0 aliphatic heterocycles. The third kappa shape index (κ3) is 5.16. The highest BCUT2D eigenvalue weighted by Crippen LogP contribution is 2.29. The fourth-order valence-electron chi connectivity index (χ4n) is 3.62. The Morgan fingerprint density at radius 3 is 2.52 bits per heavy atom. The molecule has 5 nitrogen and oxygen atoms in total. The van der Waals surface area contributed by atoms with Crippen molar-refractivity contribution >= 4 is 56.8 Å². The zero-order valence-electron chi connectivity index (χ0n) is 18.3. The van der Waals surface area contributed by atoms with Crippen molar-refractivity contribution in [2.45, 2.75) is 25.2 Å². The van der Waals surface area contributed by atoms with Gasteiger partial charge in [-0.15, -0.1) is 12.6 Å². The molecule has 5 aromatic rings. The zero-order valence-corrected chi connectivity index (χ0v) is 20.0. The zero-order chi connectivity index (χ0) is 22.8. The van der Waals surface area contributed by atoms with Crippen LogP contribution < -0.4 is 10.6 Å². The Hall–Kier alpha value is -3.42. The third-order valence-corrected chi connectivity index (χ3v) is 6.45. The summed E-state index contributed by atoms with van der Waals surface area (Å²) in [5.74, 6) is 1.25. The summed E-state index contributed by atoms with van der Waals surface area (Å²) >= 11 is 6.04. The van der Waals surface area contributed by atoms with E-state index >= 15 is 0 Å². The molecule has 0 unspecified atom stereocenters. The van der Waals surface area contributed by atoms with Crippen LogP contribution in [0.3, 0.4) is 0 Å². The first-order valence-electron chi connectivity index (χ1n) is 10.6. The van der Waals surface area contributed by atoms with Gasteiger partial charge in [-0.2, -0.15) is 4.98 Å². The maximum atomic E-state index is 4.79. The fourth-order valence-corrected chi connectivity index (χ4v) is 4.86. The predicted molar refractivity (Wildman–Crippen MR) is 141 cm³/mol. The minimum absolute atomic E-state index is 0.540. The average molecular weight is 470 g/mol. The van der Waals surface area contributed by atoms with Gasteiger partial charge in [-0.05, 0) is 60.9 Å². The standard InChI is InChI=1S/C26H23N5S2/c1-16-8-10-22-23(12-16)33-26(29-22)31-24-15-19(14-18-6-4-3-5-7-18)27-25(30-24)28-21-11-9-20(32)13-17(21)2/h3-13,15,32H,14H2,1-2H3,(H2,27,28,29,30,31). The number of aryl methyl sites for hydroxylation is 2. The second-order valence-corrected chi connectivity index (χ2v) is 9.52. The molecule has 2 N–H and O–H groups in total. The lowest BCUT2D eigenvalue weighted by Gasteiger charge is -2.12. The van der Waals surface area contributed by atoms with Gasteiger partial charge in [-0.1, -0.05) is 47.7 Å². The SMILES string of the molecule is Cc1ccc2nc(Nc3cc(Cc4ccccc4)nc(Nc4ccc(S)cc4C)n3)sc2c1. The summed E-state index contributed by atoms with van der Waals surface area (Å²) in [7, 11) is 0. The van der Waals surface area contributed by atoms with Gasteiger partial charge in [0.25, 0.3) is 0 Å². The number of aromatic nitrogens is 3. The Kier molecular flexibility index (Phi) is 5.98. The highest BCUT2D eigenvalue weighted by atomic mass is 32.1. The minimum Gasteiger partial charge on any atom is -0.324 e. The van der Waals surface area contributed by atoms with E-state index in [0.717, 1.165) is 37.2 Å². The summed E-state index contributed by atoms with van der Waals surface area (Å²) in [4.78, 5) is 15.2. The lowest BCUT2D eigenvalue weighted by molar-refractivity contribution is 1.03. The molecule has 0 amide bonds. The molecule has 5 rings (SSSR count). The van der Waals surface area contributed by atoms with E-state index in [9.17, 15) is 0 Å². The number of thiol groups is 1. The molecule has 0 saturated heterocycles. The van der Waals surface area contributed by atoms with E-state index in [1.807, 2.05) is 55.5 Å². The van der Waals surface area contributed by atoms with Crippen LogP contribution in [0, 0.1) is 13.8 Å². The van der Waals surface area contributed by atoms with Crippen LogP contribution in [-0.2, 0) is 6.42 Å². The number of anilines is 4. The van der Waals surface area contributed by atoms with Crippen LogP contribution in [0.2, 0.25) is 0 Å². The largest absolute Gasteiger partial charge is 0.324 e. The molecule has 2 heterocycles. The quantitative estimate of drug-likeness (QED) is 0.232. The molecule has 0 spiro atoms. The molecule has 164 valence electrons. The topological polar surface area (TPSA) is 62.7 Å². The van der Waals surface area contributed by atoms with Crippen LogP contribution in [0.5, 0.6) is 0 Å². The van der Waals surface area contributed by atoms with Gasteiger partial charge >= 0.3 is 0 Å². The van der Waals surface area contributed by atoms with Crippen molar-refractivity contribution < 1.29 is 0 Å². The third-order valence-electron chi connectivity index (χ3n) is 5.24. The average Bonchev–Trinajstić information content (AvgIpc) is 3.17. The predicted octanol–water partition coefficient (Wildman–Crippen LogP) is 7.07. The van der Waals surface area contributed by atoms with Crippen LogP contribution in [0.25, 0.3) is 10.2 Å². The Morgan fingerprint density at radius 2 is 1.70 bits per heavy atom. The van der Waals surface area contributed by atoms with Crippen molar-refractivity contribution in [3.8, 4) is 0 Å². The number of benzene rings is 3. The molecule has 2 aromatic heterocycles. The molecule has 33 heavy (non-hydrogen) atoms. The van der Waals surface area contributed by atoms with Crippen molar-refractivity contribution in [1.82, 2.24) is 15.0 Å². The van der Waals surface area contributed by atoms with E-state index in [1.165, 1.54) is 11.1 Å². The van der Waals surface area contributed by atoms with E-state index in [-0.39, 0.29) is 0 Å². The van der Waals surface area contributed by atoms with Gasteiger partial charge < -0.3 is 10.6 Å². The Labute approximate surface area is 202 Å². The van der Waals surface area contributed by atoms with E-state index in [2.05, 4.69) is 54.5 Å². The minimum atomic E-state index is 0.540. The summed E-state index contributed by atoms with van der Waals surface area (Å²) in [5, 5.41) is 7.57. The number of nitrogens with zero attached hydrogens (tertiary/aromatic N) is 3. The number of hydrogen-bond donors (Lipinski definition) is 3. The molecule has 0 bridgehead atoms. The van der Waals surface area contributed by atoms with Crippen LogP contribution in [0.4, 0.5) is 22.6 Å². The summed E-state index contributed by atoms with van der Waals surface area (Å²) in [6, 6.07) is 24.5. The number of thiazole rings is 1. The summed E-state index contributed by atoms with van der Waals surface area (Å²) < 4.78 is 1.15. The Bertz CT molecular complexity index is 1430. The first kappa shape index (κ1) is 21.4. The maximum Gasteiger partial charge on any atom is 0.229 e. The molecule has 0 radical (unpaired) electrons. The van der Waals surface area contributed by atoms with E-state index < -0.39 is 0 Å². The van der Waals surface area contributed by atoms with E-state index in [4.69, 9.17) is 15.0 Å². The highest BCUT2D eigenvalue weighted by molar-refractivity contribution is 7.80. The van der Waals surface area contributed by atoms with Gasteiger partial charge in [-0.3, -0.25) is 0 Å². The smallest absolute Gasteiger partial charge is 0.229 e. The Balaban J connectivity index is 1.49. The Morgan fingerprint density at radius 1 is 0.848 bits per heavy atom. The van der Waals surface area contributed by atoms with Gasteiger partial charge in [0.15, 0.2) is 5.13 Å². The van der Waals surface area contributed by atoms with Crippen molar-refractivity contribution in [3.63, 3.8) is 0 Å². The monoisotopic (exact) mass is 469 g/mol. The molecule has 7 heteroatoms. The molecular formula is C26H23N5S2. The molecular weight excluding hydrogens is 446 g/mol. The maximum absolute atomic E-state index is 4.79. The number of nitrogens with one attached hydrogen (secondary N) is 2. The second-order valence-electron chi connectivity index (χ2n) is 7.97. The van der Waals surface area contributed by atoms with Crippen LogP contribution in [-0.4, -0.2) is 15.0 Å². The van der Waals surface area contributed by atoms with Gasteiger partial charge in [0, 0.05) is 23.1 Å². The molecule has 0 aliphatic rings. The fraction of sp³-hybridized carbons (Fsp3) is 0.115. The number of fused-ring (bicyclic) bond motifs is 1. The summed E-state index contributed by atoms with van der Waals surface area (Å²) in [5.41, 5.74) is 6.34. The molecule has 0 aliphatic carbocycles. The molecule has 0 saturated carbocycles. The molecule has 0 atom stereocenters. The summed E-state index contributed by atoms with van der Waals surface area (Å²) in [6.07, 6.45) is 0.709. The number of hydrogen-bond acceptors (Lipinski definition) is 7. The van der Waals surface area contributed by atoms with Gasteiger partial charge in [0.2, 0.25) is 5.95 Å². The second kappa shape index (κ2) is 9.21. The lowest BCUT2D eigenvalue weighted by Crippen LogP contribution is -2.05. The number of rotatable bonds is 6. The van der Waals surface area contributed by atoms with Crippen LogP contribution >= 0.6 is 24.0 Å². The van der Waals surface area contributed by atoms with Crippen molar-refractivity contribution in [2.75, 3.05) is 10.6 Å². The van der Waals surface area contributed by atoms with Gasteiger partial charge in [0.1, 0.15) is 5.82 Å². The van der Waals surface area contributed by atoms with Crippen molar-refractivity contribution in [2.24, 2.45) is 0 Å². The van der Waals surface area contributed by atoms with Crippen LogP contribution in [0.15, 0.2) is 77.7 Å². The molecule has 3 aromatic carbocycles.